The Morgan fingerprint density at radius 3 is 2.65 bits per heavy atom. The molecule has 0 saturated carbocycles. The summed E-state index contributed by atoms with van der Waals surface area (Å²) < 4.78 is 4.83. The number of benzene rings is 1. The summed E-state index contributed by atoms with van der Waals surface area (Å²) in [7, 11) is 0. The predicted molar refractivity (Wildman–Crippen MR) is 72.7 cm³/mol. The molecule has 2 heterocycles. The number of hydrazine groups is 1. The second-order valence-electron chi connectivity index (χ2n) is 5.26. The van der Waals surface area contributed by atoms with E-state index in [0.717, 1.165) is 32.2 Å². The van der Waals surface area contributed by atoms with Gasteiger partial charge in [0.05, 0.1) is 0 Å². The van der Waals surface area contributed by atoms with Gasteiger partial charge in [-0.2, -0.15) is 5.01 Å². The maximum atomic E-state index is 11.8. The van der Waals surface area contributed by atoms with E-state index >= 15 is 0 Å². The van der Waals surface area contributed by atoms with Gasteiger partial charge in [-0.1, -0.05) is 36.8 Å². The van der Waals surface area contributed by atoms with Crippen molar-refractivity contribution in [1.82, 2.24) is 10.0 Å². The van der Waals surface area contributed by atoms with Crippen molar-refractivity contribution >= 4 is 12.0 Å². The van der Waals surface area contributed by atoms with E-state index in [1.54, 1.807) is 0 Å². The van der Waals surface area contributed by atoms with Crippen molar-refractivity contribution in [3.05, 3.63) is 35.9 Å². The van der Waals surface area contributed by atoms with E-state index < -0.39 is 6.09 Å². The van der Waals surface area contributed by atoms with Crippen LogP contribution in [-0.2, 0) is 16.0 Å². The molecule has 1 atom stereocenters. The molecule has 2 saturated heterocycles. The van der Waals surface area contributed by atoms with Crippen LogP contribution in [0.1, 0.15) is 24.8 Å². The zero-order valence-electron chi connectivity index (χ0n) is 11.3. The Kier molecular flexibility index (Phi) is 3.69. The number of hydrogen-bond donors (Lipinski definition) is 0. The second kappa shape index (κ2) is 5.63. The van der Waals surface area contributed by atoms with Gasteiger partial charge in [0.25, 0.3) is 5.91 Å². The average Bonchev–Trinajstić information content (AvgIpc) is 2.80. The van der Waals surface area contributed by atoms with Gasteiger partial charge in [0, 0.05) is 12.6 Å². The first kappa shape index (κ1) is 13.1. The van der Waals surface area contributed by atoms with E-state index in [0.29, 0.717) is 0 Å². The quantitative estimate of drug-likeness (QED) is 0.845. The average molecular weight is 274 g/mol. The minimum atomic E-state index is -0.532. The molecule has 2 fully saturated rings. The number of hydrogen-bond acceptors (Lipinski definition) is 4. The third kappa shape index (κ3) is 2.54. The highest BCUT2D eigenvalue weighted by molar-refractivity contribution is 5.97. The smallest absolute Gasteiger partial charge is 0.432 e. The lowest BCUT2D eigenvalue weighted by Gasteiger charge is -2.38. The Morgan fingerprint density at radius 1 is 1.15 bits per heavy atom. The van der Waals surface area contributed by atoms with Crippen molar-refractivity contribution in [2.24, 2.45) is 0 Å². The zero-order valence-corrected chi connectivity index (χ0v) is 11.3. The molecule has 20 heavy (non-hydrogen) atoms. The molecule has 0 spiro atoms. The van der Waals surface area contributed by atoms with Crippen molar-refractivity contribution in [2.45, 2.75) is 31.7 Å². The van der Waals surface area contributed by atoms with Crippen LogP contribution in [0.4, 0.5) is 4.79 Å². The number of carbonyl (C=O) groups is 2. The van der Waals surface area contributed by atoms with E-state index in [1.165, 1.54) is 10.6 Å². The van der Waals surface area contributed by atoms with Crippen molar-refractivity contribution in [1.29, 1.82) is 0 Å². The van der Waals surface area contributed by atoms with Crippen LogP contribution in [0.25, 0.3) is 0 Å². The van der Waals surface area contributed by atoms with Crippen LogP contribution in [0.3, 0.4) is 0 Å². The maximum absolute atomic E-state index is 11.8. The van der Waals surface area contributed by atoms with Gasteiger partial charge in [-0.25, -0.2) is 9.80 Å². The first-order chi connectivity index (χ1) is 9.75. The minimum absolute atomic E-state index is 0.132. The number of nitrogens with zero attached hydrogens (tertiary/aromatic N) is 2. The van der Waals surface area contributed by atoms with Gasteiger partial charge in [0.1, 0.15) is 0 Å². The molecule has 0 aromatic heterocycles. The lowest BCUT2D eigenvalue weighted by atomic mass is 9.97. The van der Waals surface area contributed by atoms with Gasteiger partial charge in [-0.15, -0.1) is 0 Å². The number of ether oxygens (including phenoxy) is 1. The van der Waals surface area contributed by atoms with E-state index in [4.69, 9.17) is 4.74 Å². The first-order valence-electron chi connectivity index (χ1n) is 7.06. The summed E-state index contributed by atoms with van der Waals surface area (Å²) in [6.07, 6.45) is 3.44. The molecule has 5 nitrogen and oxygen atoms in total. The zero-order chi connectivity index (χ0) is 13.9. The van der Waals surface area contributed by atoms with Crippen molar-refractivity contribution in [3.8, 4) is 0 Å². The van der Waals surface area contributed by atoms with Gasteiger partial charge in [0.15, 0.2) is 6.61 Å². The standard InChI is InChI=1S/C15H18N2O3/c18-14-11-20-15(19)17(14)16-9-5-4-8-13(16)10-12-6-2-1-3-7-12/h1-3,6-7,13H,4-5,8-11H2. The summed E-state index contributed by atoms with van der Waals surface area (Å²) in [5, 5.41) is 3.10. The third-order valence-electron chi connectivity index (χ3n) is 3.90. The normalized spacial score (nSPS) is 24.0. The molecule has 0 aliphatic carbocycles. The number of imide groups is 1. The SMILES string of the molecule is O=C1COC(=O)N1N1CCCCC1Cc1ccccc1. The van der Waals surface area contributed by atoms with Gasteiger partial charge in [-0.05, 0) is 24.8 Å². The number of piperidine rings is 1. The predicted octanol–water partition coefficient (Wildman–Crippen LogP) is 1.98. The van der Waals surface area contributed by atoms with Crippen LogP contribution in [-0.4, -0.2) is 41.2 Å². The van der Waals surface area contributed by atoms with Crippen LogP contribution in [0.5, 0.6) is 0 Å². The number of amides is 2. The molecule has 1 unspecified atom stereocenters. The summed E-state index contributed by atoms with van der Waals surface area (Å²) in [5.74, 6) is -0.255. The second-order valence-corrected chi connectivity index (χ2v) is 5.26. The fourth-order valence-electron chi connectivity index (χ4n) is 2.94. The summed E-state index contributed by atoms with van der Waals surface area (Å²) in [6.45, 7) is 0.603. The minimum Gasteiger partial charge on any atom is -0.438 e. The lowest BCUT2D eigenvalue weighted by molar-refractivity contribution is -0.142. The molecule has 3 rings (SSSR count). The number of rotatable bonds is 3. The molecule has 5 heteroatoms. The Bertz CT molecular complexity index is 487. The maximum Gasteiger partial charge on any atom is 0.432 e. The van der Waals surface area contributed by atoms with Crippen LogP contribution in [0.2, 0.25) is 0 Å². The summed E-state index contributed by atoms with van der Waals surface area (Å²) in [5.41, 5.74) is 1.23. The number of cyclic esters (lactones) is 1. The molecular weight excluding hydrogens is 256 g/mol. The van der Waals surface area contributed by atoms with E-state index in [-0.39, 0.29) is 18.6 Å². The molecule has 2 aliphatic heterocycles. The third-order valence-corrected chi connectivity index (χ3v) is 3.90. The van der Waals surface area contributed by atoms with Crippen LogP contribution in [0, 0.1) is 0 Å². The Hall–Kier alpha value is -1.88. The Labute approximate surface area is 118 Å². The van der Waals surface area contributed by atoms with Crippen molar-refractivity contribution < 1.29 is 14.3 Å². The molecule has 2 aliphatic rings. The fourth-order valence-corrected chi connectivity index (χ4v) is 2.94. The van der Waals surface area contributed by atoms with Gasteiger partial charge in [-0.3, -0.25) is 4.79 Å². The van der Waals surface area contributed by atoms with Gasteiger partial charge in [0.2, 0.25) is 0 Å². The molecule has 1 aromatic rings. The van der Waals surface area contributed by atoms with Crippen LogP contribution < -0.4 is 0 Å². The highest BCUT2D eigenvalue weighted by Crippen LogP contribution is 2.24. The van der Waals surface area contributed by atoms with Crippen LogP contribution in [0.15, 0.2) is 30.3 Å². The molecule has 106 valence electrons. The van der Waals surface area contributed by atoms with E-state index in [1.807, 2.05) is 23.2 Å². The van der Waals surface area contributed by atoms with E-state index in [9.17, 15) is 9.59 Å². The van der Waals surface area contributed by atoms with Crippen molar-refractivity contribution in [2.75, 3.05) is 13.2 Å². The fraction of sp³-hybridized carbons (Fsp3) is 0.467. The molecular formula is C15H18N2O3. The van der Waals surface area contributed by atoms with Gasteiger partial charge >= 0.3 is 6.09 Å². The first-order valence-corrected chi connectivity index (χ1v) is 7.06. The molecule has 2 amide bonds. The highest BCUT2D eigenvalue weighted by Gasteiger charge is 2.40. The Morgan fingerprint density at radius 2 is 1.95 bits per heavy atom. The summed E-state index contributed by atoms with van der Waals surface area (Å²) in [6, 6.07) is 10.4. The monoisotopic (exact) mass is 274 g/mol. The molecule has 1 aromatic carbocycles. The van der Waals surface area contributed by atoms with Crippen LogP contribution >= 0.6 is 0 Å². The number of carbonyl (C=O) groups excluding carboxylic acids is 2. The molecule has 0 N–H and O–H groups in total. The topological polar surface area (TPSA) is 49.9 Å². The van der Waals surface area contributed by atoms with Crippen molar-refractivity contribution in [3.63, 3.8) is 0 Å². The van der Waals surface area contributed by atoms with E-state index in [2.05, 4.69) is 12.1 Å². The van der Waals surface area contributed by atoms with Gasteiger partial charge < -0.3 is 4.74 Å². The Balaban J connectivity index is 1.77. The largest absolute Gasteiger partial charge is 0.438 e. The lowest BCUT2D eigenvalue weighted by Crippen LogP contribution is -2.54. The molecule has 0 bridgehead atoms. The molecule has 0 radical (unpaired) electrons. The summed E-state index contributed by atoms with van der Waals surface area (Å²) in [4.78, 5) is 23.5. The summed E-state index contributed by atoms with van der Waals surface area (Å²) >= 11 is 0. The highest BCUT2D eigenvalue weighted by atomic mass is 16.6.